The van der Waals surface area contributed by atoms with Gasteiger partial charge in [0.1, 0.15) is 4.88 Å². The topological polar surface area (TPSA) is 51.2 Å². The number of carbonyl (C=O) groups is 1. The van der Waals surface area contributed by atoms with Gasteiger partial charge in [-0.1, -0.05) is 19.1 Å². The number of amides is 1. The number of thiazole rings is 1. The van der Waals surface area contributed by atoms with Gasteiger partial charge in [-0.25, -0.2) is 4.98 Å². The van der Waals surface area contributed by atoms with Gasteiger partial charge in [0, 0.05) is 12.3 Å². The molecular formula is C17H20N2O2S. The number of hydrogen-bond acceptors (Lipinski definition) is 4. The number of aromatic nitrogens is 1. The van der Waals surface area contributed by atoms with Gasteiger partial charge in [0.05, 0.1) is 17.8 Å². The summed E-state index contributed by atoms with van der Waals surface area (Å²) in [5.41, 5.74) is 1.88. The van der Waals surface area contributed by atoms with Gasteiger partial charge in [0.25, 0.3) is 5.91 Å². The molecule has 0 unspecified atom stereocenters. The Hall–Kier alpha value is -1.72. The highest BCUT2D eigenvalue weighted by Crippen LogP contribution is 2.29. The minimum Gasteiger partial charge on any atom is -0.376 e. The van der Waals surface area contributed by atoms with Crippen molar-refractivity contribution in [3.63, 3.8) is 0 Å². The van der Waals surface area contributed by atoms with Gasteiger partial charge in [0.2, 0.25) is 0 Å². The summed E-state index contributed by atoms with van der Waals surface area (Å²) < 4.78 is 5.69. The molecule has 0 spiro atoms. The highest BCUT2D eigenvalue weighted by atomic mass is 32.1. The fraction of sp³-hybridized carbons (Fsp3) is 0.412. The minimum atomic E-state index is -0.103. The fourth-order valence-electron chi connectivity index (χ4n) is 2.14. The molecule has 2 aromatic rings. The maximum absolute atomic E-state index is 12.2. The summed E-state index contributed by atoms with van der Waals surface area (Å²) in [5, 5.41) is 3.90. The van der Waals surface area contributed by atoms with Crippen LogP contribution in [-0.4, -0.2) is 17.5 Å². The highest BCUT2D eigenvalue weighted by molar-refractivity contribution is 7.13. The van der Waals surface area contributed by atoms with E-state index in [9.17, 15) is 4.79 Å². The minimum absolute atomic E-state index is 0.103. The van der Waals surface area contributed by atoms with E-state index in [-0.39, 0.29) is 5.91 Å². The number of aryl methyl sites for hydroxylation is 1. The highest BCUT2D eigenvalue weighted by Gasteiger charge is 2.21. The summed E-state index contributed by atoms with van der Waals surface area (Å²) >= 11 is 1.44. The predicted octanol–water partition coefficient (Wildman–Crippen LogP) is 3.88. The number of rotatable bonds is 7. The number of hydrogen-bond donors (Lipinski definition) is 1. The largest absolute Gasteiger partial charge is 0.376 e. The molecule has 4 nitrogen and oxygen atoms in total. The molecule has 0 saturated heterocycles. The van der Waals surface area contributed by atoms with Gasteiger partial charge in [-0.05, 0) is 42.9 Å². The Balaban J connectivity index is 1.57. The first-order valence-corrected chi connectivity index (χ1v) is 8.49. The average Bonchev–Trinajstić information content (AvgIpc) is 3.21. The van der Waals surface area contributed by atoms with Crippen molar-refractivity contribution >= 4 is 22.9 Å². The van der Waals surface area contributed by atoms with Crippen molar-refractivity contribution in [1.29, 1.82) is 0 Å². The van der Waals surface area contributed by atoms with E-state index >= 15 is 0 Å². The summed E-state index contributed by atoms with van der Waals surface area (Å²) in [5.74, 6) is 0.662. The van der Waals surface area contributed by atoms with Crippen LogP contribution in [0, 0.1) is 5.92 Å². The molecule has 3 rings (SSSR count). The molecule has 0 radical (unpaired) electrons. The van der Waals surface area contributed by atoms with Crippen LogP contribution in [-0.2, 0) is 17.8 Å². The lowest BCUT2D eigenvalue weighted by Crippen LogP contribution is -2.10. The van der Waals surface area contributed by atoms with Gasteiger partial charge in [-0.15, -0.1) is 11.3 Å². The van der Waals surface area contributed by atoms with E-state index in [1.807, 2.05) is 31.2 Å². The standard InChI is InChI=1S/C17H20N2O2S/c1-2-16-18-9-15(22-16)17(20)19-14-5-3-4-13(8-14)11-21-10-12-6-7-12/h3-5,8-9,12H,2,6-7,10-11H2,1H3,(H,19,20). The second-order valence-electron chi connectivity index (χ2n) is 5.58. The van der Waals surface area contributed by atoms with E-state index in [0.29, 0.717) is 11.5 Å². The smallest absolute Gasteiger partial charge is 0.267 e. The van der Waals surface area contributed by atoms with Crippen molar-refractivity contribution in [3.05, 3.63) is 45.9 Å². The summed E-state index contributed by atoms with van der Waals surface area (Å²) in [6.45, 7) is 3.48. The van der Waals surface area contributed by atoms with Crippen molar-refractivity contribution in [3.8, 4) is 0 Å². The molecule has 1 heterocycles. The van der Waals surface area contributed by atoms with Crippen LogP contribution >= 0.6 is 11.3 Å². The Bertz CT molecular complexity index is 650. The van der Waals surface area contributed by atoms with Crippen LogP contribution in [0.1, 0.15) is 40.0 Å². The van der Waals surface area contributed by atoms with Crippen LogP contribution in [0.2, 0.25) is 0 Å². The molecule has 0 atom stereocenters. The zero-order chi connectivity index (χ0) is 15.4. The molecule has 116 valence electrons. The number of nitrogens with one attached hydrogen (secondary N) is 1. The monoisotopic (exact) mass is 316 g/mol. The van der Waals surface area contributed by atoms with E-state index in [4.69, 9.17) is 4.74 Å². The molecular weight excluding hydrogens is 296 g/mol. The van der Waals surface area contributed by atoms with E-state index in [1.54, 1.807) is 6.20 Å². The molecule has 1 amide bonds. The molecule has 1 aliphatic rings. The quantitative estimate of drug-likeness (QED) is 0.843. The van der Waals surface area contributed by atoms with Crippen molar-refractivity contribution in [2.75, 3.05) is 11.9 Å². The van der Waals surface area contributed by atoms with Crippen molar-refractivity contribution in [2.45, 2.75) is 32.8 Å². The normalized spacial score (nSPS) is 14.0. The first-order chi connectivity index (χ1) is 10.7. The summed E-state index contributed by atoms with van der Waals surface area (Å²) in [6.07, 6.45) is 5.09. The zero-order valence-electron chi connectivity index (χ0n) is 12.7. The maximum Gasteiger partial charge on any atom is 0.267 e. The molecule has 1 N–H and O–H groups in total. The number of ether oxygens (including phenoxy) is 1. The molecule has 5 heteroatoms. The Morgan fingerprint density at radius 1 is 1.45 bits per heavy atom. The van der Waals surface area contributed by atoms with E-state index in [1.165, 1.54) is 24.2 Å². The van der Waals surface area contributed by atoms with Gasteiger partial charge in [0.15, 0.2) is 0 Å². The number of nitrogens with zero attached hydrogens (tertiary/aromatic N) is 1. The lowest BCUT2D eigenvalue weighted by Gasteiger charge is -2.07. The van der Waals surface area contributed by atoms with Gasteiger partial charge < -0.3 is 10.1 Å². The molecule has 1 saturated carbocycles. The van der Waals surface area contributed by atoms with E-state index in [2.05, 4.69) is 10.3 Å². The van der Waals surface area contributed by atoms with Crippen molar-refractivity contribution < 1.29 is 9.53 Å². The summed E-state index contributed by atoms with van der Waals surface area (Å²) in [6, 6.07) is 7.82. The molecule has 1 fully saturated rings. The lowest BCUT2D eigenvalue weighted by atomic mass is 10.2. The SMILES string of the molecule is CCc1ncc(C(=O)Nc2cccc(COCC3CC3)c2)s1. The Kier molecular flexibility index (Phi) is 4.85. The van der Waals surface area contributed by atoms with Gasteiger partial charge in [-0.2, -0.15) is 0 Å². The van der Waals surface area contributed by atoms with Gasteiger partial charge >= 0.3 is 0 Å². The fourth-order valence-corrected chi connectivity index (χ4v) is 2.89. The first-order valence-electron chi connectivity index (χ1n) is 7.67. The Morgan fingerprint density at radius 3 is 3.05 bits per heavy atom. The number of anilines is 1. The van der Waals surface area contributed by atoms with Crippen LogP contribution in [0.4, 0.5) is 5.69 Å². The average molecular weight is 316 g/mol. The second kappa shape index (κ2) is 7.03. The van der Waals surface area contributed by atoms with E-state index in [0.717, 1.165) is 35.2 Å². The maximum atomic E-state index is 12.2. The molecule has 22 heavy (non-hydrogen) atoms. The zero-order valence-corrected chi connectivity index (χ0v) is 13.5. The number of benzene rings is 1. The third kappa shape index (κ3) is 4.15. The Morgan fingerprint density at radius 2 is 2.32 bits per heavy atom. The van der Waals surface area contributed by atoms with E-state index < -0.39 is 0 Å². The molecule has 0 bridgehead atoms. The second-order valence-corrected chi connectivity index (χ2v) is 6.70. The third-order valence-corrected chi connectivity index (χ3v) is 4.72. The lowest BCUT2D eigenvalue weighted by molar-refractivity contribution is 0.103. The van der Waals surface area contributed by atoms with Crippen LogP contribution < -0.4 is 5.32 Å². The van der Waals surface area contributed by atoms with Crippen LogP contribution in [0.3, 0.4) is 0 Å². The summed E-state index contributed by atoms with van der Waals surface area (Å²) in [4.78, 5) is 17.1. The van der Waals surface area contributed by atoms with Crippen LogP contribution in [0.5, 0.6) is 0 Å². The van der Waals surface area contributed by atoms with Crippen molar-refractivity contribution in [2.24, 2.45) is 5.92 Å². The number of carbonyl (C=O) groups excluding carboxylic acids is 1. The molecule has 1 aromatic heterocycles. The van der Waals surface area contributed by atoms with Crippen molar-refractivity contribution in [1.82, 2.24) is 4.98 Å². The Labute approximate surface area is 134 Å². The summed E-state index contributed by atoms with van der Waals surface area (Å²) in [7, 11) is 0. The third-order valence-electron chi connectivity index (χ3n) is 3.58. The van der Waals surface area contributed by atoms with Gasteiger partial charge in [-0.3, -0.25) is 4.79 Å². The molecule has 0 aliphatic heterocycles. The first kappa shape index (κ1) is 15.2. The predicted molar refractivity (Wildman–Crippen MR) is 88.3 cm³/mol. The van der Waals surface area contributed by atoms with Crippen LogP contribution in [0.15, 0.2) is 30.5 Å². The molecule has 1 aliphatic carbocycles. The molecule has 1 aromatic carbocycles. The van der Waals surface area contributed by atoms with Crippen LogP contribution in [0.25, 0.3) is 0 Å².